The standard InChI is InChI=1S/C15H19BrN2O2/c1-15(2,3)18-9-10(7-13(18)19)14(20)17-12-6-4-5-11(16)8-12/h4-6,8,10H,7,9H2,1-3H3,(H,17,20)/t10-/m1/s1. The molecule has 0 spiro atoms. The summed E-state index contributed by atoms with van der Waals surface area (Å²) in [6.07, 6.45) is 0.289. The molecule has 1 aromatic rings. The van der Waals surface area contributed by atoms with Gasteiger partial charge in [-0.1, -0.05) is 22.0 Å². The third-order valence-electron chi connectivity index (χ3n) is 3.40. The molecule has 1 aromatic carbocycles. The van der Waals surface area contributed by atoms with E-state index in [1.165, 1.54) is 0 Å². The zero-order valence-corrected chi connectivity index (χ0v) is 13.5. The van der Waals surface area contributed by atoms with Crippen LogP contribution in [0.3, 0.4) is 0 Å². The zero-order valence-electron chi connectivity index (χ0n) is 11.9. The van der Waals surface area contributed by atoms with Gasteiger partial charge in [0.15, 0.2) is 0 Å². The average molecular weight is 339 g/mol. The second-order valence-corrected chi connectivity index (χ2v) is 6.99. The summed E-state index contributed by atoms with van der Waals surface area (Å²) < 4.78 is 0.911. The SMILES string of the molecule is CC(C)(C)N1C[C@H](C(=O)Nc2cccc(Br)c2)CC1=O. The molecule has 5 heteroatoms. The minimum absolute atomic E-state index is 0.0480. The van der Waals surface area contributed by atoms with Crippen molar-refractivity contribution >= 4 is 33.4 Å². The van der Waals surface area contributed by atoms with Crippen LogP contribution in [0.5, 0.6) is 0 Å². The minimum Gasteiger partial charge on any atom is -0.337 e. The number of hydrogen-bond acceptors (Lipinski definition) is 2. The van der Waals surface area contributed by atoms with Gasteiger partial charge in [0.2, 0.25) is 11.8 Å². The molecule has 1 saturated heterocycles. The van der Waals surface area contributed by atoms with Gasteiger partial charge in [0, 0.05) is 28.7 Å². The quantitative estimate of drug-likeness (QED) is 0.900. The normalized spacial score (nSPS) is 19.3. The average Bonchev–Trinajstić information content (AvgIpc) is 2.71. The fraction of sp³-hybridized carbons (Fsp3) is 0.467. The van der Waals surface area contributed by atoms with Crippen molar-refractivity contribution in [3.8, 4) is 0 Å². The van der Waals surface area contributed by atoms with Crippen molar-refractivity contribution in [3.05, 3.63) is 28.7 Å². The Hall–Kier alpha value is -1.36. The van der Waals surface area contributed by atoms with Crippen LogP contribution in [-0.4, -0.2) is 28.8 Å². The van der Waals surface area contributed by atoms with E-state index in [-0.39, 0.29) is 29.7 Å². The minimum atomic E-state index is -0.277. The Balaban J connectivity index is 2.03. The zero-order chi connectivity index (χ0) is 14.9. The van der Waals surface area contributed by atoms with Crippen LogP contribution in [0, 0.1) is 5.92 Å². The number of nitrogens with one attached hydrogen (secondary N) is 1. The van der Waals surface area contributed by atoms with Crippen molar-refractivity contribution in [1.29, 1.82) is 0 Å². The second kappa shape index (κ2) is 5.56. The third kappa shape index (κ3) is 3.39. The van der Waals surface area contributed by atoms with E-state index in [4.69, 9.17) is 0 Å². The molecule has 2 amide bonds. The first-order chi connectivity index (χ1) is 9.27. The topological polar surface area (TPSA) is 49.4 Å². The maximum absolute atomic E-state index is 12.2. The van der Waals surface area contributed by atoms with Gasteiger partial charge in [0.1, 0.15) is 0 Å². The van der Waals surface area contributed by atoms with Crippen molar-refractivity contribution in [2.24, 2.45) is 5.92 Å². The van der Waals surface area contributed by atoms with Crippen molar-refractivity contribution < 1.29 is 9.59 Å². The van der Waals surface area contributed by atoms with Gasteiger partial charge in [-0.25, -0.2) is 0 Å². The Bertz CT molecular complexity index is 537. The molecule has 1 aliphatic rings. The van der Waals surface area contributed by atoms with E-state index in [1.54, 1.807) is 4.90 Å². The third-order valence-corrected chi connectivity index (χ3v) is 3.89. The molecule has 0 aliphatic carbocycles. The summed E-state index contributed by atoms with van der Waals surface area (Å²) in [7, 11) is 0. The van der Waals surface area contributed by atoms with E-state index in [0.29, 0.717) is 6.54 Å². The molecule has 0 unspecified atom stereocenters. The fourth-order valence-electron chi connectivity index (χ4n) is 2.34. The molecule has 2 rings (SSSR count). The number of hydrogen-bond donors (Lipinski definition) is 1. The highest BCUT2D eigenvalue weighted by Crippen LogP contribution is 2.27. The Morgan fingerprint density at radius 3 is 2.65 bits per heavy atom. The highest BCUT2D eigenvalue weighted by atomic mass is 79.9. The number of nitrogens with zero attached hydrogens (tertiary/aromatic N) is 1. The maximum Gasteiger partial charge on any atom is 0.229 e. The number of carbonyl (C=O) groups excluding carboxylic acids is 2. The largest absolute Gasteiger partial charge is 0.337 e. The lowest BCUT2D eigenvalue weighted by molar-refractivity contribution is -0.131. The Morgan fingerprint density at radius 2 is 2.10 bits per heavy atom. The summed E-state index contributed by atoms with van der Waals surface area (Å²) in [5, 5.41) is 2.87. The van der Waals surface area contributed by atoms with Gasteiger partial charge in [0.05, 0.1) is 5.92 Å². The molecule has 1 aliphatic heterocycles. The molecule has 0 bridgehead atoms. The molecular weight excluding hydrogens is 320 g/mol. The summed E-state index contributed by atoms with van der Waals surface area (Å²) in [6, 6.07) is 7.44. The van der Waals surface area contributed by atoms with Crippen LogP contribution in [0.4, 0.5) is 5.69 Å². The van der Waals surface area contributed by atoms with Crippen molar-refractivity contribution in [2.45, 2.75) is 32.7 Å². The molecule has 1 heterocycles. The van der Waals surface area contributed by atoms with Crippen LogP contribution in [0.2, 0.25) is 0 Å². The lowest BCUT2D eigenvalue weighted by Crippen LogP contribution is -2.42. The number of rotatable bonds is 2. The number of carbonyl (C=O) groups is 2. The van der Waals surface area contributed by atoms with Crippen molar-refractivity contribution in [3.63, 3.8) is 0 Å². The first kappa shape index (κ1) is 15.0. The molecular formula is C15H19BrN2O2. The lowest BCUT2D eigenvalue weighted by atomic mass is 10.1. The molecule has 108 valence electrons. The first-order valence-corrected chi connectivity index (χ1v) is 7.43. The van der Waals surface area contributed by atoms with Crippen LogP contribution in [0.25, 0.3) is 0 Å². The second-order valence-electron chi connectivity index (χ2n) is 6.08. The molecule has 1 N–H and O–H groups in total. The molecule has 0 aromatic heterocycles. The number of halogens is 1. The summed E-state index contributed by atoms with van der Waals surface area (Å²) in [5.74, 6) is -0.323. The van der Waals surface area contributed by atoms with E-state index in [2.05, 4.69) is 21.2 Å². The first-order valence-electron chi connectivity index (χ1n) is 6.64. The van der Waals surface area contributed by atoms with Crippen LogP contribution in [0.15, 0.2) is 28.7 Å². The van der Waals surface area contributed by atoms with E-state index in [9.17, 15) is 9.59 Å². The van der Waals surface area contributed by atoms with Crippen molar-refractivity contribution in [2.75, 3.05) is 11.9 Å². The Labute approximate surface area is 127 Å². The predicted molar refractivity (Wildman–Crippen MR) is 82.3 cm³/mol. The van der Waals surface area contributed by atoms with Crippen LogP contribution < -0.4 is 5.32 Å². The monoisotopic (exact) mass is 338 g/mol. The van der Waals surface area contributed by atoms with E-state index >= 15 is 0 Å². The van der Waals surface area contributed by atoms with Gasteiger partial charge in [-0.15, -0.1) is 0 Å². The lowest BCUT2D eigenvalue weighted by Gasteiger charge is -2.31. The van der Waals surface area contributed by atoms with Crippen LogP contribution in [0.1, 0.15) is 27.2 Å². The van der Waals surface area contributed by atoms with Crippen LogP contribution >= 0.6 is 15.9 Å². The van der Waals surface area contributed by atoms with Gasteiger partial charge < -0.3 is 10.2 Å². The van der Waals surface area contributed by atoms with Gasteiger partial charge in [-0.2, -0.15) is 0 Å². The van der Waals surface area contributed by atoms with E-state index < -0.39 is 0 Å². The van der Waals surface area contributed by atoms with Crippen LogP contribution in [-0.2, 0) is 9.59 Å². The smallest absolute Gasteiger partial charge is 0.229 e. The molecule has 20 heavy (non-hydrogen) atoms. The van der Waals surface area contributed by atoms with E-state index in [1.807, 2.05) is 45.0 Å². The van der Waals surface area contributed by atoms with Crippen molar-refractivity contribution in [1.82, 2.24) is 4.90 Å². The number of amides is 2. The number of anilines is 1. The molecule has 0 saturated carbocycles. The highest BCUT2D eigenvalue weighted by Gasteiger charge is 2.39. The molecule has 4 nitrogen and oxygen atoms in total. The fourth-order valence-corrected chi connectivity index (χ4v) is 2.74. The Morgan fingerprint density at radius 1 is 1.40 bits per heavy atom. The van der Waals surface area contributed by atoms with Gasteiger partial charge >= 0.3 is 0 Å². The van der Waals surface area contributed by atoms with Gasteiger partial charge in [0.25, 0.3) is 0 Å². The number of benzene rings is 1. The van der Waals surface area contributed by atoms with Gasteiger partial charge in [-0.3, -0.25) is 9.59 Å². The Kier molecular flexibility index (Phi) is 4.18. The molecule has 1 fully saturated rings. The maximum atomic E-state index is 12.2. The predicted octanol–water partition coefficient (Wildman–Crippen LogP) is 3.03. The molecule has 1 atom stereocenters. The highest BCUT2D eigenvalue weighted by molar-refractivity contribution is 9.10. The number of likely N-dealkylation sites (tertiary alicyclic amines) is 1. The summed E-state index contributed by atoms with van der Waals surface area (Å²) >= 11 is 3.37. The molecule has 0 radical (unpaired) electrons. The summed E-state index contributed by atoms with van der Waals surface area (Å²) in [4.78, 5) is 26.0. The van der Waals surface area contributed by atoms with E-state index in [0.717, 1.165) is 10.2 Å². The van der Waals surface area contributed by atoms with Gasteiger partial charge in [-0.05, 0) is 39.0 Å². The summed E-state index contributed by atoms with van der Waals surface area (Å²) in [6.45, 7) is 6.45. The summed E-state index contributed by atoms with van der Waals surface area (Å²) in [5.41, 5.74) is 0.507.